The molecule has 0 unspecified atom stereocenters. The van der Waals surface area contributed by atoms with Crippen LogP contribution in [0.2, 0.25) is 5.02 Å². The van der Waals surface area contributed by atoms with Crippen molar-refractivity contribution < 1.29 is 18.8 Å². The molecule has 0 spiro atoms. The Hall–Kier alpha value is -3.13. The standard InChI is InChI=1S/C24H26ClFN4O3/c1-16-3-8-21(20(26)13-16)30-15-17(14-22(30)31)23(32)28-9-2-10-29(12-11-28)24(33)27-19-6-4-18(25)5-7-19/h3-8,13,17H,2,9-12,14-15H2,1H3,(H,27,33)/t17-/m0/s1. The fourth-order valence-corrected chi connectivity index (χ4v) is 4.40. The third-order valence-electron chi connectivity index (χ3n) is 6.06. The van der Waals surface area contributed by atoms with Gasteiger partial charge in [0.05, 0.1) is 11.6 Å². The van der Waals surface area contributed by atoms with E-state index in [4.69, 9.17) is 11.6 Å². The van der Waals surface area contributed by atoms with Gasteiger partial charge in [0.1, 0.15) is 5.82 Å². The molecular weight excluding hydrogens is 447 g/mol. The molecule has 2 aromatic carbocycles. The molecule has 1 N–H and O–H groups in total. The summed E-state index contributed by atoms with van der Waals surface area (Å²) >= 11 is 5.88. The summed E-state index contributed by atoms with van der Waals surface area (Å²) in [6, 6.07) is 11.3. The first-order chi connectivity index (χ1) is 15.8. The van der Waals surface area contributed by atoms with E-state index in [0.717, 1.165) is 5.56 Å². The number of urea groups is 1. The summed E-state index contributed by atoms with van der Waals surface area (Å²) in [6.07, 6.45) is 0.695. The number of aryl methyl sites for hydroxylation is 1. The fraction of sp³-hybridized carbons (Fsp3) is 0.375. The minimum atomic E-state index is -0.521. The second-order valence-electron chi connectivity index (χ2n) is 8.46. The zero-order valence-corrected chi connectivity index (χ0v) is 19.1. The lowest BCUT2D eigenvalue weighted by Crippen LogP contribution is -2.41. The molecule has 1 atom stereocenters. The van der Waals surface area contributed by atoms with Crippen LogP contribution in [0.3, 0.4) is 0 Å². The molecule has 0 aromatic heterocycles. The fourth-order valence-electron chi connectivity index (χ4n) is 4.27. The molecule has 0 aliphatic carbocycles. The summed E-state index contributed by atoms with van der Waals surface area (Å²) in [5.41, 5.74) is 1.63. The minimum Gasteiger partial charge on any atom is -0.341 e. The number of anilines is 2. The minimum absolute atomic E-state index is 0.0589. The molecule has 2 fully saturated rings. The Balaban J connectivity index is 1.35. The SMILES string of the molecule is Cc1ccc(N2C[C@@H](C(=O)N3CCCN(C(=O)Nc4ccc(Cl)cc4)CC3)CC2=O)c(F)c1. The molecule has 2 saturated heterocycles. The Kier molecular flexibility index (Phi) is 6.83. The smallest absolute Gasteiger partial charge is 0.321 e. The number of halogens is 2. The summed E-state index contributed by atoms with van der Waals surface area (Å²) in [4.78, 5) is 43.0. The van der Waals surface area contributed by atoms with Crippen LogP contribution in [0.5, 0.6) is 0 Å². The molecule has 4 rings (SSSR count). The van der Waals surface area contributed by atoms with Crippen LogP contribution in [-0.4, -0.2) is 60.4 Å². The number of nitrogens with zero attached hydrogens (tertiary/aromatic N) is 3. The average Bonchev–Trinajstić information content (AvgIpc) is 3.00. The normalized spacial score (nSPS) is 18.9. The van der Waals surface area contributed by atoms with Gasteiger partial charge in [-0.1, -0.05) is 17.7 Å². The van der Waals surface area contributed by atoms with Gasteiger partial charge in [-0.2, -0.15) is 0 Å². The van der Waals surface area contributed by atoms with Crippen molar-refractivity contribution in [2.24, 2.45) is 5.92 Å². The third-order valence-corrected chi connectivity index (χ3v) is 6.31. The molecular formula is C24H26ClFN4O3. The van der Waals surface area contributed by atoms with Crippen LogP contribution in [-0.2, 0) is 9.59 Å². The Bertz CT molecular complexity index is 1060. The molecule has 174 valence electrons. The number of amides is 4. The summed E-state index contributed by atoms with van der Waals surface area (Å²) in [5.74, 6) is -1.37. The van der Waals surface area contributed by atoms with E-state index in [2.05, 4.69) is 5.32 Å². The van der Waals surface area contributed by atoms with Gasteiger partial charge in [0.2, 0.25) is 11.8 Å². The first-order valence-corrected chi connectivity index (χ1v) is 11.4. The van der Waals surface area contributed by atoms with Crippen LogP contribution in [0.25, 0.3) is 0 Å². The highest BCUT2D eigenvalue weighted by atomic mass is 35.5. The Labute approximate surface area is 197 Å². The molecule has 2 heterocycles. The summed E-state index contributed by atoms with van der Waals surface area (Å²) in [5, 5.41) is 3.43. The Morgan fingerprint density at radius 1 is 1.03 bits per heavy atom. The number of benzene rings is 2. The predicted molar refractivity (Wildman–Crippen MR) is 125 cm³/mol. The highest BCUT2D eigenvalue weighted by molar-refractivity contribution is 6.30. The van der Waals surface area contributed by atoms with Crippen molar-refractivity contribution >= 4 is 40.8 Å². The number of carbonyl (C=O) groups is 3. The number of nitrogens with one attached hydrogen (secondary N) is 1. The van der Waals surface area contributed by atoms with Gasteiger partial charge in [0.15, 0.2) is 0 Å². The van der Waals surface area contributed by atoms with Crippen LogP contribution in [0.15, 0.2) is 42.5 Å². The second-order valence-corrected chi connectivity index (χ2v) is 8.90. The monoisotopic (exact) mass is 472 g/mol. The zero-order valence-electron chi connectivity index (χ0n) is 18.4. The Morgan fingerprint density at radius 2 is 1.73 bits per heavy atom. The largest absolute Gasteiger partial charge is 0.341 e. The van der Waals surface area contributed by atoms with Crippen molar-refractivity contribution in [1.29, 1.82) is 0 Å². The van der Waals surface area contributed by atoms with E-state index in [0.29, 0.717) is 43.3 Å². The van der Waals surface area contributed by atoms with Gasteiger partial charge in [0.25, 0.3) is 0 Å². The predicted octanol–water partition coefficient (Wildman–Crippen LogP) is 3.91. The van der Waals surface area contributed by atoms with E-state index in [-0.39, 0.29) is 36.5 Å². The van der Waals surface area contributed by atoms with E-state index in [1.54, 1.807) is 53.1 Å². The van der Waals surface area contributed by atoms with Crippen LogP contribution in [0.4, 0.5) is 20.6 Å². The van der Waals surface area contributed by atoms with Gasteiger partial charge in [-0.15, -0.1) is 0 Å². The van der Waals surface area contributed by atoms with E-state index >= 15 is 0 Å². The number of carbonyl (C=O) groups excluding carboxylic acids is 3. The molecule has 2 aliphatic heterocycles. The van der Waals surface area contributed by atoms with Crippen LogP contribution in [0.1, 0.15) is 18.4 Å². The van der Waals surface area contributed by atoms with E-state index < -0.39 is 11.7 Å². The maximum absolute atomic E-state index is 14.4. The second kappa shape index (κ2) is 9.79. The van der Waals surface area contributed by atoms with Gasteiger partial charge < -0.3 is 20.0 Å². The molecule has 7 nitrogen and oxygen atoms in total. The number of hydrogen-bond donors (Lipinski definition) is 1. The van der Waals surface area contributed by atoms with Crippen LogP contribution in [0, 0.1) is 18.7 Å². The quantitative estimate of drug-likeness (QED) is 0.736. The van der Waals surface area contributed by atoms with Crippen molar-refractivity contribution in [3.63, 3.8) is 0 Å². The van der Waals surface area contributed by atoms with Gasteiger partial charge >= 0.3 is 6.03 Å². The van der Waals surface area contributed by atoms with Gasteiger partial charge in [0, 0.05) is 49.9 Å². The zero-order chi connectivity index (χ0) is 23.5. The molecule has 0 bridgehead atoms. The highest BCUT2D eigenvalue weighted by Crippen LogP contribution is 2.29. The number of rotatable bonds is 3. The van der Waals surface area contributed by atoms with Crippen molar-refractivity contribution in [3.05, 3.63) is 58.9 Å². The molecule has 0 radical (unpaired) electrons. The molecule has 0 saturated carbocycles. The van der Waals surface area contributed by atoms with E-state index in [1.165, 1.54) is 11.0 Å². The lowest BCUT2D eigenvalue weighted by Gasteiger charge is -2.25. The first kappa shape index (κ1) is 23.0. The summed E-state index contributed by atoms with van der Waals surface area (Å²) in [7, 11) is 0. The topological polar surface area (TPSA) is 73.0 Å². The molecule has 4 amide bonds. The maximum atomic E-state index is 14.4. The number of hydrogen-bond acceptors (Lipinski definition) is 3. The third kappa shape index (κ3) is 5.27. The van der Waals surface area contributed by atoms with E-state index in [1.807, 2.05) is 0 Å². The van der Waals surface area contributed by atoms with Gasteiger partial charge in [-0.05, 0) is 55.3 Å². The first-order valence-electron chi connectivity index (χ1n) is 11.0. The average molecular weight is 473 g/mol. The van der Waals surface area contributed by atoms with Gasteiger partial charge in [-0.25, -0.2) is 9.18 Å². The molecule has 2 aliphatic rings. The lowest BCUT2D eigenvalue weighted by atomic mass is 10.1. The molecule has 33 heavy (non-hydrogen) atoms. The van der Waals surface area contributed by atoms with E-state index in [9.17, 15) is 18.8 Å². The van der Waals surface area contributed by atoms with Crippen LogP contribution >= 0.6 is 11.6 Å². The van der Waals surface area contributed by atoms with Crippen molar-refractivity contribution in [1.82, 2.24) is 9.80 Å². The molecule has 2 aromatic rings. The van der Waals surface area contributed by atoms with Crippen LogP contribution < -0.4 is 10.2 Å². The Morgan fingerprint density at radius 3 is 2.45 bits per heavy atom. The summed E-state index contributed by atoms with van der Waals surface area (Å²) in [6.45, 7) is 3.75. The molecule has 9 heteroatoms. The lowest BCUT2D eigenvalue weighted by molar-refractivity contribution is -0.135. The summed E-state index contributed by atoms with van der Waals surface area (Å²) < 4.78 is 14.4. The maximum Gasteiger partial charge on any atom is 0.321 e. The van der Waals surface area contributed by atoms with Crippen molar-refractivity contribution in [3.8, 4) is 0 Å². The van der Waals surface area contributed by atoms with Crippen molar-refractivity contribution in [2.75, 3.05) is 42.9 Å². The highest BCUT2D eigenvalue weighted by Gasteiger charge is 2.38. The van der Waals surface area contributed by atoms with Gasteiger partial charge in [-0.3, -0.25) is 9.59 Å². The van der Waals surface area contributed by atoms with Crippen molar-refractivity contribution in [2.45, 2.75) is 19.8 Å².